The number of rotatable bonds is 7. The van der Waals surface area contributed by atoms with Gasteiger partial charge in [-0.1, -0.05) is 18.2 Å². The SMILES string of the molecule is CNCC(=O)N(C)CCCOc1ccccc1C.Cl. The summed E-state index contributed by atoms with van der Waals surface area (Å²) in [6.45, 7) is 3.75. The summed E-state index contributed by atoms with van der Waals surface area (Å²) in [7, 11) is 3.58. The molecule has 0 aliphatic carbocycles. The molecule has 0 bridgehead atoms. The molecule has 1 aromatic rings. The van der Waals surface area contributed by atoms with Gasteiger partial charge in [-0.3, -0.25) is 4.79 Å². The first kappa shape index (κ1) is 17.7. The van der Waals surface area contributed by atoms with Gasteiger partial charge in [0.2, 0.25) is 5.91 Å². The molecule has 0 aromatic heterocycles. The maximum atomic E-state index is 11.5. The van der Waals surface area contributed by atoms with Crippen molar-refractivity contribution in [2.75, 3.05) is 33.8 Å². The van der Waals surface area contributed by atoms with Crippen molar-refractivity contribution in [2.24, 2.45) is 0 Å². The minimum atomic E-state index is 0. The van der Waals surface area contributed by atoms with Crippen LogP contribution < -0.4 is 10.1 Å². The monoisotopic (exact) mass is 286 g/mol. The number of carbonyl (C=O) groups is 1. The number of benzene rings is 1. The normalized spacial score (nSPS) is 9.63. The van der Waals surface area contributed by atoms with Crippen molar-refractivity contribution in [3.05, 3.63) is 29.8 Å². The number of hydrogen-bond acceptors (Lipinski definition) is 3. The van der Waals surface area contributed by atoms with Gasteiger partial charge in [0, 0.05) is 13.6 Å². The number of para-hydroxylation sites is 1. The van der Waals surface area contributed by atoms with Gasteiger partial charge in [-0.2, -0.15) is 0 Å². The van der Waals surface area contributed by atoms with Gasteiger partial charge in [0.05, 0.1) is 13.2 Å². The van der Waals surface area contributed by atoms with Crippen molar-refractivity contribution in [3.63, 3.8) is 0 Å². The summed E-state index contributed by atoms with van der Waals surface area (Å²) in [5.41, 5.74) is 1.14. The summed E-state index contributed by atoms with van der Waals surface area (Å²) in [4.78, 5) is 13.2. The van der Waals surface area contributed by atoms with Crippen LogP contribution in [0.1, 0.15) is 12.0 Å². The van der Waals surface area contributed by atoms with E-state index in [1.54, 1.807) is 11.9 Å². The van der Waals surface area contributed by atoms with Crippen molar-refractivity contribution < 1.29 is 9.53 Å². The smallest absolute Gasteiger partial charge is 0.236 e. The predicted molar refractivity (Wildman–Crippen MR) is 80.1 cm³/mol. The number of carbonyl (C=O) groups excluding carboxylic acids is 1. The molecule has 0 heterocycles. The molecule has 0 spiro atoms. The quantitative estimate of drug-likeness (QED) is 0.778. The molecule has 108 valence electrons. The molecule has 5 heteroatoms. The Hall–Kier alpha value is -1.26. The van der Waals surface area contributed by atoms with E-state index in [2.05, 4.69) is 5.32 Å². The highest BCUT2D eigenvalue weighted by molar-refractivity contribution is 5.85. The van der Waals surface area contributed by atoms with Crippen LogP contribution in [0.3, 0.4) is 0 Å². The average Bonchev–Trinajstić information content (AvgIpc) is 2.36. The number of ether oxygens (including phenoxy) is 1. The summed E-state index contributed by atoms with van der Waals surface area (Å²) in [6, 6.07) is 7.94. The Labute approximate surface area is 121 Å². The van der Waals surface area contributed by atoms with E-state index in [0.29, 0.717) is 19.7 Å². The molecule has 0 saturated carbocycles. The van der Waals surface area contributed by atoms with Crippen molar-refractivity contribution in [1.82, 2.24) is 10.2 Å². The molecule has 0 saturated heterocycles. The fourth-order valence-electron chi connectivity index (χ4n) is 1.61. The van der Waals surface area contributed by atoms with Crippen LogP contribution in [-0.4, -0.2) is 44.6 Å². The highest BCUT2D eigenvalue weighted by Gasteiger charge is 2.06. The lowest BCUT2D eigenvalue weighted by Gasteiger charge is -2.17. The molecule has 0 unspecified atom stereocenters. The first-order chi connectivity index (χ1) is 8.65. The maximum absolute atomic E-state index is 11.5. The number of likely N-dealkylation sites (N-methyl/N-ethyl adjacent to an activating group) is 2. The summed E-state index contributed by atoms with van der Waals surface area (Å²) in [6.07, 6.45) is 0.834. The third kappa shape index (κ3) is 6.45. The fraction of sp³-hybridized carbons (Fsp3) is 0.500. The number of amides is 1. The second-order valence-electron chi connectivity index (χ2n) is 4.31. The molecule has 0 aliphatic rings. The second kappa shape index (κ2) is 9.64. The summed E-state index contributed by atoms with van der Waals surface area (Å²) in [5.74, 6) is 1.02. The lowest BCUT2D eigenvalue weighted by molar-refractivity contribution is -0.128. The van der Waals surface area contributed by atoms with Gasteiger partial charge >= 0.3 is 0 Å². The fourth-order valence-corrected chi connectivity index (χ4v) is 1.61. The van der Waals surface area contributed by atoms with Gasteiger partial charge in [0.15, 0.2) is 0 Å². The Morgan fingerprint density at radius 2 is 2.05 bits per heavy atom. The molecule has 19 heavy (non-hydrogen) atoms. The van der Waals surface area contributed by atoms with E-state index < -0.39 is 0 Å². The van der Waals surface area contributed by atoms with Crippen molar-refractivity contribution in [1.29, 1.82) is 0 Å². The first-order valence-corrected chi connectivity index (χ1v) is 6.22. The van der Waals surface area contributed by atoms with E-state index in [4.69, 9.17) is 4.74 Å². The molecule has 0 fully saturated rings. The van der Waals surface area contributed by atoms with Crippen LogP contribution in [0, 0.1) is 6.92 Å². The lowest BCUT2D eigenvalue weighted by Crippen LogP contribution is -2.35. The van der Waals surface area contributed by atoms with Gasteiger partial charge in [-0.05, 0) is 32.0 Å². The van der Waals surface area contributed by atoms with Crippen molar-refractivity contribution in [3.8, 4) is 5.75 Å². The number of halogens is 1. The molecule has 1 rings (SSSR count). The topological polar surface area (TPSA) is 41.6 Å². The highest BCUT2D eigenvalue weighted by atomic mass is 35.5. The van der Waals surface area contributed by atoms with E-state index in [9.17, 15) is 4.79 Å². The second-order valence-corrected chi connectivity index (χ2v) is 4.31. The van der Waals surface area contributed by atoms with Gasteiger partial charge in [-0.25, -0.2) is 0 Å². The Morgan fingerprint density at radius 1 is 1.37 bits per heavy atom. The van der Waals surface area contributed by atoms with Gasteiger partial charge < -0.3 is 15.0 Å². The Kier molecular flexibility index (Phi) is 9.00. The molecule has 0 radical (unpaired) electrons. The van der Waals surface area contributed by atoms with E-state index in [-0.39, 0.29) is 18.3 Å². The molecule has 1 aromatic carbocycles. The summed E-state index contributed by atoms with van der Waals surface area (Å²) in [5, 5.41) is 2.85. The van der Waals surface area contributed by atoms with Crippen molar-refractivity contribution in [2.45, 2.75) is 13.3 Å². The van der Waals surface area contributed by atoms with E-state index in [1.165, 1.54) is 0 Å². The molecule has 4 nitrogen and oxygen atoms in total. The summed E-state index contributed by atoms with van der Waals surface area (Å²) < 4.78 is 5.67. The van der Waals surface area contributed by atoms with Gasteiger partial charge in [-0.15, -0.1) is 12.4 Å². The van der Waals surface area contributed by atoms with E-state index in [0.717, 1.165) is 17.7 Å². The largest absolute Gasteiger partial charge is 0.493 e. The number of nitrogens with zero attached hydrogens (tertiary/aromatic N) is 1. The van der Waals surface area contributed by atoms with E-state index in [1.807, 2.05) is 38.2 Å². The van der Waals surface area contributed by atoms with Gasteiger partial charge in [0.1, 0.15) is 5.75 Å². The standard InChI is InChI=1S/C14H22N2O2.ClH/c1-12-7-4-5-8-13(12)18-10-6-9-16(3)14(17)11-15-2;/h4-5,7-8,15H,6,9-11H2,1-3H3;1H. The molecule has 0 atom stereocenters. The minimum Gasteiger partial charge on any atom is -0.493 e. The van der Waals surface area contributed by atoms with E-state index >= 15 is 0 Å². The Morgan fingerprint density at radius 3 is 2.68 bits per heavy atom. The van der Waals surface area contributed by atoms with Crippen LogP contribution in [0.25, 0.3) is 0 Å². The van der Waals surface area contributed by atoms with Crippen LogP contribution in [0.5, 0.6) is 5.75 Å². The zero-order chi connectivity index (χ0) is 13.4. The molecule has 1 amide bonds. The van der Waals surface area contributed by atoms with Gasteiger partial charge in [0.25, 0.3) is 0 Å². The molecule has 0 aliphatic heterocycles. The van der Waals surface area contributed by atoms with Crippen LogP contribution in [0.15, 0.2) is 24.3 Å². The molecular formula is C14H23ClN2O2. The van der Waals surface area contributed by atoms with Crippen LogP contribution in [0.4, 0.5) is 0 Å². The Balaban J connectivity index is 0.00000324. The summed E-state index contributed by atoms with van der Waals surface area (Å²) >= 11 is 0. The predicted octanol–water partition coefficient (Wildman–Crippen LogP) is 1.86. The Bertz CT molecular complexity index is 385. The maximum Gasteiger partial charge on any atom is 0.236 e. The third-order valence-electron chi connectivity index (χ3n) is 2.74. The third-order valence-corrected chi connectivity index (χ3v) is 2.74. The first-order valence-electron chi connectivity index (χ1n) is 6.22. The zero-order valence-corrected chi connectivity index (χ0v) is 12.6. The highest BCUT2D eigenvalue weighted by Crippen LogP contribution is 2.16. The number of nitrogens with one attached hydrogen (secondary N) is 1. The minimum absolute atomic E-state index is 0. The number of aryl methyl sites for hydroxylation is 1. The molecular weight excluding hydrogens is 264 g/mol. The van der Waals surface area contributed by atoms with Crippen LogP contribution >= 0.6 is 12.4 Å². The molecule has 1 N–H and O–H groups in total. The zero-order valence-electron chi connectivity index (χ0n) is 11.8. The van der Waals surface area contributed by atoms with Crippen molar-refractivity contribution >= 4 is 18.3 Å². The lowest BCUT2D eigenvalue weighted by atomic mass is 10.2. The van der Waals surface area contributed by atoms with Crippen LogP contribution in [0.2, 0.25) is 0 Å². The average molecular weight is 287 g/mol. The van der Waals surface area contributed by atoms with Crippen LogP contribution in [-0.2, 0) is 4.79 Å². The number of hydrogen-bond donors (Lipinski definition) is 1.